The summed E-state index contributed by atoms with van der Waals surface area (Å²) in [5, 5.41) is 9.90. The molecule has 0 radical (unpaired) electrons. The monoisotopic (exact) mass is 610 g/mol. The molecule has 0 bridgehead atoms. The molecule has 2 aliphatic carbocycles. The van der Waals surface area contributed by atoms with Crippen LogP contribution in [0, 0.1) is 23.2 Å². The number of nitrogens with one attached hydrogen (secondary N) is 3. The maximum atomic E-state index is 14.4. The molecule has 3 N–H and O–H groups in total. The van der Waals surface area contributed by atoms with Gasteiger partial charge in [-0.2, -0.15) is 13.2 Å². The minimum absolute atomic E-state index is 0.0336. The molecule has 244 valence electrons. The van der Waals surface area contributed by atoms with Crippen molar-refractivity contribution in [2.75, 3.05) is 6.54 Å². The van der Waals surface area contributed by atoms with Crippen LogP contribution < -0.4 is 16.0 Å². The first-order valence-corrected chi connectivity index (χ1v) is 16.2. The summed E-state index contributed by atoms with van der Waals surface area (Å²) >= 11 is 0. The van der Waals surface area contributed by atoms with Crippen molar-refractivity contribution >= 4 is 17.5 Å². The van der Waals surface area contributed by atoms with E-state index < -0.39 is 48.7 Å². The molecule has 4 unspecified atom stereocenters. The van der Waals surface area contributed by atoms with Crippen LogP contribution in [0.1, 0.15) is 105 Å². The molecule has 0 aromatic rings. The summed E-state index contributed by atoms with van der Waals surface area (Å²) < 4.78 is 39.1. The van der Waals surface area contributed by atoms with Gasteiger partial charge in [0.05, 0.1) is 17.9 Å². The number of likely N-dealkylation sites (tertiary alicyclic amines) is 1. The number of alkyl halides is 3. The predicted octanol–water partition coefficient (Wildman–Crippen LogP) is 6.01. The lowest BCUT2D eigenvalue weighted by Gasteiger charge is -2.39. The molecule has 6 atom stereocenters. The van der Waals surface area contributed by atoms with Crippen LogP contribution in [0.15, 0.2) is 24.7 Å². The third-order valence-electron chi connectivity index (χ3n) is 10.1. The molecular weight excluding hydrogens is 557 g/mol. The molecule has 10 heteroatoms. The fourth-order valence-corrected chi connectivity index (χ4v) is 7.01. The van der Waals surface area contributed by atoms with E-state index in [1.54, 1.807) is 4.90 Å². The van der Waals surface area contributed by atoms with E-state index in [4.69, 9.17) is 0 Å². The van der Waals surface area contributed by atoms with Crippen LogP contribution in [0.3, 0.4) is 0 Å². The van der Waals surface area contributed by atoms with Crippen molar-refractivity contribution in [3.8, 4) is 0 Å². The molecule has 7 nitrogen and oxygen atoms in total. The Morgan fingerprint density at radius 2 is 1.60 bits per heavy atom. The molecule has 3 rings (SSSR count). The van der Waals surface area contributed by atoms with Crippen LogP contribution in [0.5, 0.6) is 0 Å². The number of carbonyl (C=O) groups is 3. The third kappa shape index (κ3) is 9.24. The van der Waals surface area contributed by atoms with Gasteiger partial charge in [0, 0.05) is 31.6 Å². The van der Waals surface area contributed by atoms with Crippen molar-refractivity contribution < 1.29 is 27.6 Å². The van der Waals surface area contributed by atoms with E-state index in [0.717, 1.165) is 64.7 Å². The molecule has 3 aliphatic rings. The molecule has 0 aromatic carbocycles. The number of hydrogen-bond donors (Lipinski definition) is 3. The van der Waals surface area contributed by atoms with Crippen molar-refractivity contribution in [1.82, 2.24) is 20.9 Å². The summed E-state index contributed by atoms with van der Waals surface area (Å²) in [5.74, 6) is -0.631. The van der Waals surface area contributed by atoms with Gasteiger partial charge in [-0.05, 0) is 61.7 Å². The second-order valence-corrected chi connectivity index (χ2v) is 13.7. The molecule has 1 heterocycles. The third-order valence-corrected chi connectivity index (χ3v) is 10.1. The topological polar surface area (TPSA) is 90.5 Å². The molecule has 1 saturated heterocycles. The van der Waals surface area contributed by atoms with Crippen molar-refractivity contribution in [3.05, 3.63) is 24.7 Å². The fourth-order valence-electron chi connectivity index (χ4n) is 7.01. The number of Topliss-reactive ketones (excluding diaryl/α,β-unsaturated/α-hetero) is 2. The average Bonchev–Trinajstić information content (AvgIpc) is 3.67. The maximum Gasteiger partial charge on any atom is 0.389 e. The average molecular weight is 611 g/mol. The first-order valence-electron chi connectivity index (χ1n) is 16.2. The highest BCUT2D eigenvalue weighted by molar-refractivity contribution is 6.38. The van der Waals surface area contributed by atoms with Gasteiger partial charge in [-0.15, -0.1) is 0 Å². The summed E-state index contributed by atoms with van der Waals surface area (Å²) in [6, 6.07) is -2.13. The van der Waals surface area contributed by atoms with Crippen molar-refractivity contribution in [2.45, 2.75) is 136 Å². The number of piperidine rings is 1. The molecule has 1 aliphatic heterocycles. The molecular formula is C33H53F3N4O3. The minimum Gasteiger partial charge on any atom is -0.377 e. The van der Waals surface area contributed by atoms with Crippen LogP contribution in [-0.2, 0) is 14.4 Å². The molecule has 0 spiro atoms. The first-order chi connectivity index (χ1) is 20.1. The molecule has 1 amide bonds. The van der Waals surface area contributed by atoms with Crippen molar-refractivity contribution in [2.24, 2.45) is 23.2 Å². The van der Waals surface area contributed by atoms with Gasteiger partial charge in [0.2, 0.25) is 11.7 Å². The number of amides is 1. The lowest BCUT2D eigenvalue weighted by Crippen LogP contribution is -2.56. The van der Waals surface area contributed by atoms with Crippen molar-refractivity contribution in [1.29, 1.82) is 0 Å². The van der Waals surface area contributed by atoms with E-state index in [9.17, 15) is 27.6 Å². The Balaban J connectivity index is 1.82. The second kappa shape index (κ2) is 14.5. The van der Waals surface area contributed by atoms with Crippen LogP contribution in [-0.4, -0.2) is 59.3 Å². The number of carbonyl (C=O) groups excluding carboxylic acids is 3. The summed E-state index contributed by atoms with van der Waals surface area (Å²) in [4.78, 5) is 40.6. The van der Waals surface area contributed by atoms with Crippen molar-refractivity contribution in [3.63, 3.8) is 0 Å². The van der Waals surface area contributed by atoms with Gasteiger partial charge >= 0.3 is 6.18 Å². The van der Waals surface area contributed by atoms with Gasteiger partial charge in [-0.25, -0.2) is 0 Å². The number of ketones is 2. The first kappa shape index (κ1) is 35.0. The highest BCUT2D eigenvalue weighted by Crippen LogP contribution is 2.51. The standard InChI is InChI=1S/C33H53F3N4O3/c1-8-27(32(6,7)9-2)38-22(5)39-28(23-14-12-10-11-13-15-23)31(43)40-19-24-18-25(24)29(40)20(3)37-26(30(42)21(4)41)16-17-33(34,35)36/h23-29,37-39H,3,5,8-19H2,1-2,4,6-7H3/t24-,25-,26?,27?,28?,29?/m0/s1. The van der Waals surface area contributed by atoms with Crippen LogP contribution in [0.25, 0.3) is 0 Å². The lowest BCUT2D eigenvalue weighted by atomic mass is 9.80. The van der Waals surface area contributed by atoms with Crippen LogP contribution >= 0.6 is 0 Å². The largest absolute Gasteiger partial charge is 0.389 e. The Labute approximate surface area is 255 Å². The smallest absolute Gasteiger partial charge is 0.377 e. The van der Waals surface area contributed by atoms with E-state index in [2.05, 4.69) is 56.8 Å². The Morgan fingerprint density at radius 1 is 0.977 bits per heavy atom. The fraction of sp³-hybridized carbons (Fsp3) is 0.788. The summed E-state index contributed by atoms with van der Waals surface area (Å²) in [7, 11) is 0. The van der Waals surface area contributed by atoms with Gasteiger partial charge in [0.25, 0.3) is 0 Å². The SMILES string of the molecule is C=C(NC(C(=O)N1C[C@@H]2C[C@@H]2C1C(=C)NC(CCC(F)(F)F)C(=O)C(C)=O)C1CCCCCC1)NC(CC)C(C)(C)CC. The lowest BCUT2D eigenvalue weighted by molar-refractivity contribution is -0.142. The molecule has 0 aromatic heterocycles. The van der Waals surface area contributed by atoms with E-state index in [0.29, 0.717) is 18.1 Å². The Bertz CT molecular complexity index is 1030. The van der Waals surface area contributed by atoms with Gasteiger partial charge in [-0.1, -0.05) is 66.5 Å². The van der Waals surface area contributed by atoms with E-state index in [-0.39, 0.29) is 35.1 Å². The quantitative estimate of drug-likeness (QED) is 0.147. The molecule has 3 fully saturated rings. The Hall–Kier alpha value is -2.52. The molecule has 2 saturated carbocycles. The number of hydrogen-bond acceptors (Lipinski definition) is 6. The normalized spacial score (nSPS) is 24.7. The van der Waals surface area contributed by atoms with Gasteiger partial charge in [-0.3, -0.25) is 14.4 Å². The van der Waals surface area contributed by atoms with Crippen LogP contribution in [0.4, 0.5) is 13.2 Å². The summed E-state index contributed by atoms with van der Waals surface area (Å²) in [5.41, 5.74) is 0.360. The highest BCUT2D eigenvalue weighted by atomic mass is 19.4. The minimum atomic E-state index is -4.47. The molecule has 43 heavy (non-hydrogen) atoms. The van der Waals surface area contributed by atoms with E-state index in [1.165, 1.54) is 0 Å². The number of rotatable bonds is 16. The van der Waals surface area contributed by atoms with Gasteiger partial charge in [0.15, 0.2) is 5.78 Å². The Kier molecular flexibility index (Phi) is 11.8. The predicted molar refractivity (Wildman–Crippen MR) is 163 cm³/mol. The Morgan fingerprint density at radius 3 is 2.14 bits per heavy atom. The van der Waals surface area contributed by atoms with E-state index >= 15 is 0 Å². The maximum absolute atomic E-state index is 14.4. The van der Waals surface area contributed by atoms with Gasteiger partial charge in [0.1, 0.15) is 6.04 Å². The van der Waals surface area contributed by atoms with Crippen LogP contribution in [0.2, 0.25) is 0 Å². The zero-order valence-corrected chi connectivity index (χ0v) is 26.7. The zero-order valence-electron chi connectivity index (χ0n) is 26.7. The zero-order chi connectivity index (χ0) is 32.1. The highest BCUT2D eigenvalue weighted by Gasteiger charge is 2.56. The second-order valence-electron chi connectivity index (χ2n) is 13.7. The number of halogens is 3. The number of fused-ring (bicyclic) bond motifs is 1. The summed E-state index contributed by atoms with van der Waals surface area (Å²) in [6.07, 6.45) is 2.77. The number of nitrogens with zero attached hydrogens (tertiary/aromatic N) is 1. The van der Waals surface area contributed by atoms with Gasteiger partial charge < -0.3 is 20.9 Å². The summed E-state index contributed by atoms with van der Waals surface area (Å²) in [6.45, 7) is 18.7. The van der Waals surface area contributed by atoms with E-state index in [1.807, 2.05) is 0 Å².